The first-order valence-corrected chi connectivity index (χ1v) is 10.6. The molecule has 0 saturated heterocycles. The predicted molar refractivity (Wildman–Crippen MR) is 120 cm³/mol. The van der Waals surface area contributed by atoms with Gasteiger partial charge in [-0.1, -0.05) is 42.5 Å². The number of esters is 1. The molecule has 0 unspecified atom stereocenters. The van der Waals surface area contributed by atoms with E-state index in [4.69, 9.17) is 4.74 Å². The summed E-state index contributed by atoms with van der Waals surface area (Å²) < 4.78 is 5.16. The molecule has 1 heterocycles. The first-order valence-electron chi connectivity index (χ1n) is 10.6. The number of ketones is 1. The zero-order valence-electron chi connectivity index (χ0n) is 17.8. The molecular weight excluding hydrogens is 392 g/mol. The fraction of sp³-hybridized carbons (Fsp3) is 0.320. The molecule has 0 radical (unpaired) electrons. The van der Waals surface area contributed by atoms with Crippen molar-refractivity contribution in [2.24, 2.45) is 0 Å². The number of benzene rings is 2. The highest BCUT2D eigenvalue weighted by molar-refractivity contribution is 5.98. The van der Waals surface area contributed by atoms with Gasteiger partial charge >= 0.3 is 5.97 Å². The van der Waals surface area contributed by atoms with E-state index in [1.54, 1.807) is 12.1 Å². The molecule has 0 fully saturated rings. The van der Waals surface area contributed by atoms with Gasteiger partial charge in [0.1, 0.15) is 0 Å². The number of aryl methyl sites for hydroxylation is 2. The summed E-state index contributed by atoms with van der Waals surface area (Å²) in [5.74, 6) is -0.606. The molecule has 0 atom stereocenters. The van der Waals surface area contributed by atoms with Crippen molar-refractivity contribution in [3.63, 3.8) is 0 Å². The number of Topliss-reactive ketones (excluding diaryl/α,β-unsaturated/α-hetero) is 1. The van der Waals surface area contributed by atoms with E-state index in [0.29, 0.717) is 18.5 Å². The van der Waals surface area contributed by atoms with Crippen molar-refractivity contribution >= 4 is 28.6 Å². The van der Waals surface area contributed by atoms with Crippen molar-refractivity contribution in [2.45, 2.75) is 39.0 Å². The minimum absolute atomic E-state index is 0.0338. The van der Waals surface area contributed by atoms with Crippen LogP contribution in [0.3, 0.4) is 0 Å². The third kappa shape index (κ3) is 6.81. The van der Waals surface area contributed by atoms with Crippen molar-refractivity contribution in [1.82, 2.24) is 10.3 Å². The molecule has 2 N–H and O–H groups in total. The Bertz CT molecular complexity index is 1040. The van der Waals surface area contributed by atoms with E-state index in [1.807, 2.05) is 36.5 Å². The lowest BCUT2D eigenvalue weighted by Gasteiger charge is -2.06. The van der Waals surface area contributed by atoms with E-state index in [1.165, 1.54) is 17.9 Å². The minimum Gasteiger partial charge on any atom is -0.457 e. The lowest BCUT2D eigenvalue weighted by atomic mass is 10.1. The molecule has 0 saturated carbocycles. The molecular formula is C25H28N2O4. The number of aromatic amines is 1. The van der Waals surface area contributed by atoms with Gasteiger partial charge in [0, 0.05) is 42.6 Å². The van der Waals surface area contributed by atoms with E-state index in [9.17, 15) is 14.4 Å². The standard InChI is InChI=1S/C25H28N2O4/c1-18(28)26-15-5-6-19-11-13-20(14-12-19)24(29)17-31-25(30)10-4-7-21-16-27-23-9-3-2-8-22(21)23/h2-3,8-9,11-14,16,27H,4-7,10,15,17H2,1H3,(H,26,28). The molecule has 1 aromatic heterocycles. The second-order valence-electron chi connectivity index (χ2n) is 7.58. The van der Waals surface area contributed by atoms with E-state index in [-0.39, 0.29) is 30.7 Å². The van der Waals surface area contributed by atoms with E-state index in [2.05, 4.69) is 16.4 Å². The van der Waals surface area contributed by atoms with Gasteiger partial charge in [-0.15, -0.1) is 0 Å². The van der Waals surface area contributed by atoms with Gasteiger partial charge in [0.2, 0.25) is 5.91 Å². The Morgan fingerprint density at radius 1 is 0.968 bits per heavy atom. The minimum atomic E-state index is -0.359. The third-order valence-electron chi connectivity index (χ3n) is 5.16. The van der Waals surface area contributed by atoms with Gasteiger partial charge in [0.05, 0.1) is 0 Å². The summed E-state index contributed by atoms with van der Waals surface area (Å²) in [7, 11) is 0. The number of nitrogens with one attached hydrogen (secondary N) is 2. The number of carbonyl (C=O) groups excluding carboxylic acids is 3. The number of para-hydroxylation sites is 1. The summed E-state index contributed by atoms with van der Waals surface area (Å²) in [6, 6.07) is 15.4. The number of hydrogen-bond acceptors (Lipinski definition) is 4. The lowest BCUT2D eigenvalue weighted by molar-refractivity contribution is -0.142. The quantitative estimate of drug-likeness (QED) is 0.279. The Labute approximate surface area is 182 Å². The molecule has 162 valence electrons. The Morgan fingerprint density at radius 2 is 1.74 bits per heavy atom. The SMILES string of the molecule is CC(=O)NCCCc1ccc(C(=O)COC(=O)CCCc2c[nH]c3ccccc23)cc1. The second-order valence-corrected chi connectivity index (χ2v) is 7.58. The molecule has 6 nitrogen and oxygen atoms in total. The predicted octanol–water partition coefficient (Wildman–Crippen LogP) is 3.99. The largest absolute Gasteiger partial charge is 0.457 e. The second kappa shape index (κ2) is 11.1. The van der Waals surface area contributed by atoms with Gasteiger partial charge in [-0.3, -0.25) is 14.4 Å². The summed E-state index contributed by atoms with van der Waals surface area (Å²) in [4.78, 5) is 38.4. The van der Waals surface area contributed by atoms with Crippen molar-refractivity contribution in [3.8, 4) is 0 Å². The Balaban J connectivity index is 1.36. The number of ether oxygens (including phenoxy) is 1. The summed E-state index contributed by atoms with van der Waals surface area (Å²) in [6.07, 6.45) is 5.35. The Hall–Kier alpha value is -3.41. The van der Waals surface area contributed by atoms with Crippen molar-refractivity contribution in [1.29, 1.82) is 0 Å². The molecule has 0 bridgehead atoms. The van der Waals surface area contributed by atoms with E-state index in [0.717, 1.165) is 30.3 Å². The molecule has 3 aromatic rings. The monoisotopic (exact) mass is 420 g/mol. The highest BCUT2D eigenvalue weighted by atomic mass is 16.5. The Kier molecular flexibility index (Phi) is 7.98. The van der Waals surface area contributed by atoms with Crippen LogP contribution in [0.25, 0.3) is 10.9 Å². The summed E-state index contributed by atoms with van der Waals surface area (Å²) in [5, 5.41) is 3.93. The van der Waals surface area contributed by atoms with Gasteiger partial charge in [-0.25, -0.2) is 0 Å². The number of rotatable bonds is 11. The van der Waals surface area contributed by atoms with Crippen LogP contribution in [0.1, 0.15) is 47.7 Å². The molecule has 0 spiro atoms. The molecule has 0 aliphatic rings. The maximum absolute atomic E-state index is 12.3. The summed E-state index contributed by atoms with van der Waals surface area (Å²) >= 11 is 0. The van der Waals surface area contributed by atoms with Crippen LogP contribution in [0, 0.1) is 0 Å². The van der Waals surface area contributed by atoms with Gasteiger partial charge < -0.3 is 15.0 Å². The van der Waals surface area contributed by atoms with Gasteiger partial charge in [-0.05, 0) is 42.9 Å². The van der Waals surface area contributed by atoms with E-state index < -0.39 is 0 Å². The van der Waals surface area contributed by atoms with Crippen LogP contribution in [0.4, 0.5) is 0 Å². The average molecular weight is 421 g/mol. The molecule has 1 amide bonds. The average Bonchev–Trinajstić information content (AvgIpc) is 3.18. The zero-order chi connectivity index (χ0) is 22.1. The first kappa shape index (κ1) is 22.3. The number of hydrogen-bond donors (Lipinski definition) is 2. The van der Waals surface area contributed by atoms with Crippen LogP contribution in [-0.2, 0) is 27.2 Å². The fourth-order valence-electron chi connectivity index (χ4n) is 3.48. The number of carbonyl (C=O) groups is 3. The first-order chi connectivity index (χ1) is 15.0. The van der Waals surface area contributed by atoms with Crippen molar-refractivity contribution in [3.05, 3.63) is 71.4 Å². The molecule has 31 heavy (non-hydrogen) atoms. The maximum atomic E-state index is 12.3. The number of fused-ring (bicyclic) bond motifs is 1. The number of amides is 1. The smallest absolute Gasteiger partial charge is 0.306 e. The van der Waals surface area contributed by atoms with Crippen LogP contribution in [-0.4, -0.2) is 35.8 Å². The normalized spacial score (nSPS) is 10.7. The third-order valence-corrected chi connectivity index (χ3v) is 5.16. The molecule has 2 aromatic carbocycles. The van der Waals surface area contributed by atoms with Gasteiger partial charge in [0.15, 0.2) is 12.4 Å². The number of H-pyrrole nitrogens is 1. The van der Waals surface area contributed by atoms with Gasteiger partial charge in [-0.2, -0.15) is 0 Å². The van der Waals surface area contributed by atoms with Crippen LogP contribution in [0.5, 0.6) is 0 Å². The van der Waals surface area contributed by atoms with Crippen LogP contribution in [0.2, 0.25) is 0 Å². The highest BCUT2D eigenvalue weighted by Crippen LogP contribution is 2.19. The zero-order valence-corrected chi connectivity index (χ0v) is 17.8. The highest BCUT2D eigenvalue weighted by Gasteiger charge is 2.11. The molecule has 3 rings (SSSR count). The van der Waals surface area contributed by atoms with Gasteiger partial charge in [0.25, 0.3) is 0 Å². The fourth-order valence-corrected chi connectivity index (χ4v) is 3.48. The van der Waals surface area contributed by atoms with Crippen LogP contribution in [0.15, 0.2) is 54.7 Å². The van der Waals surface area contributed by atoms with Crippen molar-refractivity contribution < 1.29 is 19.1 Å². The van der Waals surface area contributed by atoms with E-state index >= 15 is 0 Å². The lowest BCUT2D eigenvalue weighted by Crippen LogP contribution is -2.21. The van der Waals surface area contributed by atoms with Crippen molar-refractivity contribution in [2.75, 3.05) is 13.2 Å². The van der Waals surface area contributed by atoms with Crippen LogP contribution >= 0.6 is 0 Å². The topological polar surface area (TPSA) is 88.3 Å². The summed E-state index contributed by atoms with van der Waals surface area (Å²) in [5.41, 5.74) is 3.88. The molecule has 0 aliphatic carbocycles. The molecule has 6 heteroatoms. The Morgan fingerprint density at radius 3 is 2.52 bits per heavy atom. The number of aromatic nitrogens is 1. The van der Waals surface area contributed by atoms with Crippen LogP contribution < -0.4 is 5.32 Å². The maximum Gasteiger partial charge on any atom is 0.306 e. The summed E-state index contributed by atoms with van der Waals surface area (Å²) in [6.45, 7) is 1.89. The molecule has 0 aliphatic heterocycles.